The first-order chi connectivity index (χ1) is 8.79. The highest BCUT2D eigenvalue weighted by Crippen LogP contribution is 2.16. The number of halogens is 1. The van der Waals surface area contributed by atoms with Crippen molar-refractivity contribution in [3.8, 4) is 5.75 Å². The van der Waals surface area contributed by atoms with Gasteiger partial charge in [-0.05, 0) is 36.4 Å². The van der Waals surface area contributed by atoms with E-state index in [-0.39, 0.29) is 0 Å². The Balaban J connectivity index is 2.05. The van der Waals surface area contributed by atoms with Crippen molar-refractivity contribution in [1.82, 2.24) is 0 Å². The van der Waals surface area contributed by atoms with Gasteiger partial charge in [0, 0.05) is 10.6 Å². The van der Waals surface area contributed by atoms with Crippen molar-refractivity contribution in [3.63, 3.8) is 0 Å². The van der Waals surface area contributed by atoms with Crippen molar-refractivity contribution in [2.75, 3.05) is 12.5 Å². The Morgan fingerprint density at radius 2 is 1.83 bits per heavy atom. The van der Waals surface area contributed by atoms with E-state index in [4.69, 9.17) is 16.3 Å². The van der Waals surface area contributed by atoms with Gasteiger partial charge < -0.3 is 4.74 Å². The zero-order valence-electron chi connectivity index (χ0n) is 9.93. The van der Waals surface area contributed by atoms with Gasteiger partial charge in [0.2, 0.25) is 0 Å². The maximum absolute atomic E-state index is 5.80. The van der Waals surface area contributed by atoms with Crippen LogP contribution >= 0.6 is 11.6 Å². The molecule has 2 aromatic carbocycles. The standard InChI is InChI=1S/C14H13ClN2O/c1-18-14-5-3-2-4-11(14)10-16-17-13-8-6-12(15)7-9-13/h2-10,17H,1H3/b16-10-. The van der Waals surface area contributed by atoms with Crippen LogP contribution in [0.15, 0.2) is 53.6 Å². The number of hydrogen-bond acceptors (Lipinski definition) is 3. The fourth-order valence-electron chi connectivity index (χ4n) is 1.47. The summed E-state index contributed by atoms with van der Waals surface area (Å²) in [5.74, 6) is 0.791. The molecule has 0 radical (unpaired) electrons. The molecule has 18 heavy (non-hydrogen) atoms. The number of hydrazone groups is 1. The van der Waals surface area contributed by atoms with Crippen molar-refractivity contribution in [2.24, 2.45) is 5.10 Å². The van der Waals surface area contributed by atoms with E-state index in [9.17, 15) is 0 Å². The van der Waals surface area contributed by atoms with Crippen LogP contribution in [0.5, 0.6) is 5.75 Å². The van der Waals surface area contributed by atoms with Gasteiger partial charge in [-0.2, -0.15) is 5.10 Å². The topological polar surface area (TPSA) is 33.6 Å². The van der Waals surface area contributed by atoms with E-state index < -0.39 is 0 Å². The Bertz CT molecular complexity index is 538. The van der Waals surface area contributed by atoms with Crippen LogP contribution in [0, 0.1) is 0 Å². The number of para-hydroxylation sites is 1. The molecule has 0 amide bonds. The molecule has 0 aliphatic heterocycles. The Morgan fingerprint density at radius 1 is 1.11 bits per heavy atom. The summed E-state index contributed by atoms with van der Waals surface area (Å²) in [4.78, 5) is 0. The van der Waals surface area contributed by atoms with E-state index in [2.05, 4.69) is 10.5 Å². The van der Waals surface area contributed by atoms with Gasteiger partial charge >= 0.3 is 0 Å². The van der Waals surface area contributed by atoms with E-state index in [1.54, 1.807) is 13.3 Å². The van der Waals surface area contributed by atoms with Crippen LogP contribution in [0.25, 0.3) is 0 Å². The highest BCUT2D eigenvalue weighted by atomic mass is 35.5. The molecule has 0 atom stereocenters. The average Bonchev–Trinajstić information content (AvgIpc) is 2.41. The lowest BCUT2D eigenvalue weighted by Crippen LogP contribution is -1.93. The highest BCUT2D eigenvalue weighted by molar-refractivity contribution is 6.30. The molecular weight excluding hydrogens is 248 g/mol. The van der Waals surface area contributed by atoms with Crippen LogP contribution < -0.4 is 10.2 Å². The Morgan fingerprint density at radius 3 is 2.56 bits per heavy atom. The molecule has 92 valence electrons. The second-order valence-electron chi connectivity index (χ2n) is 3.62. The lowest BCUT2D eigenvalue weighted by molar-refractivity contribution is 0.414. The van der Waals surface area contributed by atoms with Crippen LogP contribution in [-0.4, -0.2) is 13.3 Å². The third kappa shape index (κ3) is 3.25. The Kier molecular flexibility index (Phi) is 4.20. The molecule has 2 aromatic rings. The average molecular weight is 261 g/mol. The molecular formula is C14H13ClN2O. The van der Waals surface area contributed by atoms with Crippen molar-refractivity contribution < 1.29 is 4.74 Å². The lowest BCUT2D eigenvalue weighted by Gasteiger charge is -2.03. The van der Waals surface area contributed by atoms with Crippen molar-refractivity contribution in [1.29, 1.82) is 0 Å². The van der Waals surface area contributed by atoms with Gasteiger partial charge in [0.25, 0.3) is 0 Å². The predicted octanol–water partition coefficient (Wildman–Crippen LogP) is 3.79. The molecule has 1 N–H and O–H groups in total. The zero-order valence-corrected chi connectivity index (χ0v) is 10.7. The Hall–Kier alpha value is -2.00. The molecule has 0 unspecified atom stereocenters. The maximum atomic E-state index is 5.80. The smallest absolute Gasteiger partial charge is 0.127 e. The van der Waals surface area contributed by atoms with E-state index in [0.717, 1.165) is 17.0 Å². The molecule has 0 heterocycles. The highest BCUT2D eigenvalue weighted by Gasteiger charge is 1.97. The fourth-order valence-corrected chi connectivity index (χ4v) is 1.60. The van der Waals surface area contributed by atoms with Crippen LogP contribution in [0.3, 0.4) is 0 Å². The number of methoxy groups -OCH3 is 1. The lowest BCUT2D eigenvalue weighted by atomic mass is 10.2. The van der Waals surface area contributed by atoms with Gasteiger partial charge in [-0.15, -0.1) is 0 Å². The summed E-state index contributed by atoms with van der Waals surface area (Å²) in [5.41, 5.74) is 4.73. The van der Waals surface area contributed by atoms with E-state index >= 15 is 0 Å². The van der Waals surface area contributed by atoms with Crippen molar-refractivity contribution >= 4 is 23.5 Å². The second kappa shape index (κ2) is 6.07. The summed E-state index contributed by atoms with van der Waals surface area (Å²) in [5, 5.41) is 4.86. The number of nitrogens with one attached hydrogen (secondary N) is 1. The summed E-state index contributed by atoms with van der Waals surface area (Å²) < 4.78 is 5.23. The normalized spacial score (nSPS) is 10.6. The van der Waals surface area contributed by atoms with Crippen LogP contribution in [0.2, 0.25) is 5.02 Å². The van der Waals surface area contributed by atoms with Gasteiger partial charge in [0.15, 0.2) is 0 Å². The maximum Gasteiger partial charge on any atom is 0.127 e. The largest absolute Gasteiger partial charge is 0.496 e. The molecule has 0 aliphatic rings. The van der Waals surface area contributed by atoms with Gasteiger partial charge in [0.1, 0.15) is 5.75 Å². The van der Waals surface area contributed by atoms with Crippen molar-refractivity contribution in [3.05, 3.63) is 59.1 Å². The first-order valence-corrected chi connectivity index (χ1v) is 5.85. The molecule has 2 rings (SSSR count). The summed E-state index contributed by atoms with van der Waals surface area (Å²) in [6.07, 6.45) is 1.72. The number of hydrogen-bond donors (Lipinski definition) is 1. The molecule has 0 saturated heterocycles. The minimum Gasteiger partial charge on any atom is -0.496 e. The molecule has 0 aliphatic carbocycles. The van der Waals surface area contributed by atoms with Crippen LogP contribution in [0.4, 0.5) is 5.69 Å². The first-order valence-electron chi connectivity index (χ1n) is 5.47. The van der Waals surface area contributed by atoms with Gasteiger partial charge in [-0.1, -0.05) is 23.7 Å². The monoisotopic (exact) mass is 260 g/mol. The summed E-state index contributed by atoms with van der Waals surface area (Å²) in [6.45, 7) is 0. The van der Waals surface area contributed by atoms with Gasteiger partial charge in [0.05, 0.1) is 19.0 Å². The quantitative estimate of drug-likeness (QED) is 0.670. The SMILES string of the molecule is COc1ccccc1/C=N\Nc1ccc(Cl)cc1. The number of anilines is 1. The van der Waals surface area contributed by atoms with E-state index in [1.807, 2.05) is 48.5 Å². The number of ether oxygens (including phenoxy) is 1. The van der Waals surface area contributed by atoms with Crippen molar-refractivity contribution in [2.45, 2.75) is 0 Å². The van der Waals surface area contributed by atoms with Gasteiger partial charge in [-0.3, -0.25) is 5.43 Å². The summed E-state index contributed by atoms with van der Waals surface area (Å²) >= 11 is 5.80. The first kappa shape index (κ1) is 12.5. The molecule has 0 aromatic heterocycles. The Labute approximate surface area is 111 Å². The molecule has 0 fully saturated rings. The van der Waals surface area contributed by atoms with E-state index in [0.29, 0.717) is 5.02 Å². The molecule has 3 nitrogen and oxygen atoms in total. The third-order valence-corrected chi connectivity index (χ3v) is 2.63. The molecule has 4 heteroatoms. The minimum absolute atomic E-state index is 0.703. The molecule has 0 spiro atoms. The molecule has 0 saturated carbocycles. The molecule has 0 bridgehead atoms. The van der Waals surface area contributed by atoms with Crippen LogP contribution in [0.1, 0.15) is 5.56 Å². The fraction of sp³-hybridized carbons (Fsp3) is 0.0714. The number of rotatable bonds is 4. The van der Waals surface area contributed by atoms with E-state index in [1.165, 1.54) is 0 Å². The summed E-state index contributed by atoms with van der Waals surface area (Å²) in [7, 11) is 1.64. The minimum atomic E-state index is 0.703. The zero-order chi connectivity index (χ0) is 12.8. The summed E-state index contributed by atoms with van der Waals surface area (Å²) in [6, 6.07) is 15.0. The number of nitrogens with zero attached hydrogens (tertiary/aromatic N) is 1. The predicted molar refractivity (Wildman–Crippen MR) is 75.7 cm³/mol. The second-order valence-corrected chi connectivity index (χ2v) is 4.06. The van der Waals surface area contributed by atoms with Crippen LogP contribution in [-0.2, 0) is 0 Å². The number of benzene rings is 2. The van der Waals surface area contributed by atoms with Gasteiger partial charge in [-0.25, -0.2) is 0 Å². The third-order valence-electron chi connectivity index (χ3n) is 2.38.